The van der Waals surface area contributed by atoms with Crippen LogP contribution in [0.15, 0.2) is 18.2 Å². The molecule has 1 atom stereocenters. The van der Waals surface area contributed by atoms with Crippen LogP contribution in [0.5, 0.6) is 5.75 Å². The molecule has 90 valence electrons. The fourth-order valence-corrected chi connectivity index (χ4v) is 2.06. The lowest BCUT2D eigenvalue weighted by Gasteiger charge is -2.26. The van der Waals surface area contributed by atoms with E-state index in [-0.39, 0.29) is 5.41 Å². The van der Waals surface area contributed by atoms with Crippen LogP contribution in [0.25, 0.3) is 0 Å². The molecule has 0 aromatic heterocycles. The van der Waals surface area contributed by atoms with E-state index in [1.165, 1.54) is 11.1 Å². The van der Waals surface area contributed by atoms with E-state index in [0.717, 1.165) is 18.6 Å². The van der Waals surface area contributed by atoms with Gasteiger partial charge in [-0.1, -0.05) is 31.5 Å². The molecule has 0 fully saturated rings. The third kappa shape index (κ3) is 3.15. The van der Waals surface area contributed by atoms with Crippen LogP contribution in [0.3, 0.4) is 0 Å². The molecule has 0 N–H and O–H groups in total. The number of halogens is 1. The van der Waals surface area contributed by atoms with Gasteiger partial charge in [-0.15, -0.1) is 11.6 Å². The van der Waals surface area contributed by atoms with Crippen molar-refractivity contribution in [2.45, 2.75) is 33.6 Å². The van der Waals surface area contributed by atoms with Gasteiger partial charge in [-0.2, -0.15) is 0 Å². The summed E-state index contributed by atoms with van der Waals surface area (Å²) in [5.74, 6) is 1.65. The summed E-state index contributed by atoms with van der Waals surface area (Å²) < 4.78 is 5.39. The Balaban J connectivity index is 2.98. The maximum atomic E-state index is 6.05. The minimum absolute atomic E-state index is 0.155. The summed E-state index contributed by atoms with van der Waals surface area (Å²) >= 11 is 6.05. The standard InChI is InChI=1S/C14H21ClO/c1-5-14(3,10-15)9-12-8-11(2)6-7-13(12)16-4/h6-8H,5,9-10H2,1-4H3. The molecular weight excluding hydrogens is 220 g/mol. The first-order valence-electron chi connectivity index (χ1n) is 5.74. The zero-order valence-corrected chi connectivity index (χ0v) is 11.4. The quantitative estimate of drug-likeness (QED) is 0.701. The number of rotatable bonds is 5. The third-order valence-corrected chi connectivity index (χ3v) is 3.87. The van der Waals surface area contributed by atoms with Crippen LogP contribution in [-0.4, -0.2) is 13.0 Å². The highest BCUT2D eigenvalue weighted by Gasteiger charge is 2.23. The van der Waals surface area contributed by atoms with E-state index in [0.29, 0.717) is 5.88 Å². The van der Waals surface area contributed by atoms with Crippen molar-refractivity contribution in [1.29, 1.82) is 0 Å². The Hall–Kier alpha value is -0.690. The van der Waals surface area contributed by atoms with Gasteiger partial charge >= 0.3 is 0 Å². The van der Waals surface area contributed by atoms with E-state index >= 15 is 0 Å². The Morgan fingerprint density at radius 2 is 2.06 bits per heavy atom. The number of benzene rings is 1. The maximum Gasteiger partial charge on any atom is 0.122 e. The predicted octanol–water partition coefficient (Wildman–Crippen LogP) is 4.20. The molecular formula is C14H21ClO. The molecule has 1 rings (SSSR count). The van der Waals surface area contributed by atoms with Gasteiger partial charge in [-0.3, -0.25) is 0 Å². The molecule has 0 spiro atoms. The first-order chi connectivity index (χ1) is 7.54. The Morgan fingerprint density at radius 3 is 2.56 bits per heavy atom. The number of hydrogen-bond acceptors (Lipinski definition) is 1. The van der Waals surface area contributed by atoms with Gasteiger partial charge in [0.1, 0.15) is 5.75 Å². The van der Waals surface area contributed by atoms with Crippen molar-refractivity contribution in [1.82, 2.24) is 0 Å². The fourth-order valence-electron chi connectivity index (χ4n) is 1.77. The normalized spacial score (nSPS) is 14.6. The van der Waals surface area contributed by atoms with Crippen molar-refractivity contribution in [3.8, 4) is 5.75 Å². The molecule has 0 saturated carbocycles. The minimum atomic E-state index is 0.155. The first-order valence-corrected chi connectivity index (χ1v) is 6.27. The molecule has 16 heavy (non-hydrogen) atoms. The van der Waals surface area contributed by atoms with Gasteiger partial charge in [0.2, 0.25) is 0 Å². The molecule has 1 aromatic rings. The second-order valence-electron chi connectivity index (χ2n) is 4.79. The Kier molecular flexibility index (Phi) is 4.67. The topological polar surface area (TPSA) is 9.23 Å². The zero-order chi connectivity index (χ0) is 12.2. The highest BCUT2D eigenvalue weighted by atomic mass is 35.5. The van der Waals surface area contributed by atoms with Gasteiger partial charge in [0.25, 0.3) is 0 Å². The van der Waals surface area contributed by atoms with Crippen LogP contribution >= 0.6 is 11.6 Å². The lowest BCUT2D eigenvalue weighted by molar-refractivity contribution is 0.343. The van der Waals surface area contributed by atoms with Crippen LogP contribution in [0, 0.1) is 12.3 Å². The van der Waals surface area contributed by atoms with E-state index in [1.807, 2.05) is 6.07 Å². The third-order valence-electron chi connectivity index (χ3n) is 3.23. The number of methoxy groups -OCH3 is 1. The first kappa shape index (κ1) is 13.4. The minimum Gasteiger partial charge on any atom is -0.496 e. The van der Waals surface area contributed by atoms with Gasteiger partial charge in [-0.05, 0) is 36.8 Å². The molecule has 0 bridgehead atoms. The molecule has 0 aliphatic rings. The summed E-state index contributed by atoms with van der Waals surface area (Å²) in [6, 6.07) is 6.31. The van der Waals surface area contributed by atoms with Gasteiger partial charge in [0, 0.05) is 5.88 Å². The van der Waals surface area contributed by atoms with Crippen molar-refractivity contribution < 1.29 is 4.74 Å². The van der Waals surface area contributed by atoms with E-state index < -0.39 is 0 Å². The molecule has 1 aromatic carbocycles. The van der Waals surface area contributed by atoms with Gasteiger partial charge < -0.3 is 4.74 Å². The van der Waals surface area contributed by atoms with E-state index in [4.69, 9.17) is 16.3 Å². The highest BCUT2D eigenvalue weighted by molar-refractivity contribution is 6.18. The Labute approximate surface area is 104 Å². The second-order valence-corrected chi connectivity index (χ2v) is 5.06. The van der Waals surface area contributed by atoms with Gasteiger partial charge in [0.05, 0.1) is 7.11 Å². The lowest BCUT2D eigenvalue weighted by Crippen LogP contribution is -2.21. The van der Waals surface area contributed by atoms with E-state index in [9.17, 15) is 0 Å². The summed E-state index contributed by atoms with van der Waals surface area (Å²) in [7, 11) is 1.72. The zero-order valence-electron chi connectivity index (χ0n) is 10.6. The second kappa shape index (κ2) is 5.58. The SMILES string of the molecule is CCC(C)(CCl)Cc1cc(C)ccc1OC. The average molecular weight is 241 g/mol. The molecule has 0 amide bonds. The van der Waals surface area contributed by atoms with Crippen molar-refractivity contribution in [2.75, 3.05) is 13.0 Å². The van der Waals surface area contributed by atoms with Crippen LogP contribution in [-0.2, 0) is 6.42 Å². The van der Waals surface area contributed by atoms with Crippen LogP contribution in [0.1, 0.15) is 31.4 Å². The maximum absolute atomic E-state index is 6.05. The number of aryl methyl sites for hydroxylation is 1. The van der Waals surface area contributed by atoms with Crippen LogP contribution in [0.4, 0.5) is 0 Å². The van der Waals surface area contributed by atoms with Crippen molar-refractivity contribution >= 4 is 11.6 Å². The smallest absolute Gasteiger partial charge is 0.122 e. The van der Waals surface area contributed by atoms with Crippen molar-refractivity contribution in [2.24, 2.45) is 5.41 Å². The van der Waals surface area contributed by atoms with Crippen molar-refractivity contribution in [3.05, 3.63) is 29.3 Å². The fraction of sp³-hybridized carbons (Fsp3) is 0.571. The monoisotopic (exact) mass is 240 g/mol. The number of alkyl halides is 1. The van der Waals surface area contributed by atoms with E-state index in [1.54, 1.807) is 7.11 Å². The largest absolute Gasteiger partial charge is 0.496 e. The molecule has 2 heteroatoms. The van der Waals surface area contributed by atoms with Gasteiger partial charge in [-0.25, -0.2) is 0 Å². The summed E-state index contributed by atoms with van der Waals surface area (Å²) in [6.45, 7) is 6.51. The molecule has 1 unspecified atom stereocenters. The highest BCUT2D eigenvalue weighted by Crippen LogP contribution is 2.32. The summed E-state index contributed by atoms with van der Waals surface area (Å²) in [5.41, 5.74) is 2.68. The molecule has 0 aliphatic carbocycles. The molecule has 0 saturated heterocycles. The molecule has 0 heterocycles. The summed E-state index contributed by atoms with van der Waals surface area (Å²) in [6.07, 6.45) is 2.05. The summed E-state index contributed by atoms with van der Waals surface area (Å²) in [4.78, 5) is 0. The predicted molar refractivity (Wildman–Crippen MR) is 70.6 cm³/mol. The van der Waals surface area contributed by atoms with Crippen LogP contribution < -0.4 is 4.74 Å². The lowest BCUT2D eigenvalue weighted by atomic mass is 9.82. The number of hydrogen-bond donors (Lipinski definition) is 0. The summed E-state index contributed by atoms with van der Waals surface area (Å²) in [5, 5.41) is 0. The van der Waals surface area contributed by atoms with E-state index in [2.05, 4.69) is 32.9 Å². The number of ether oxygens (including phenoxy) is 1. The van der Waals surface area contributed by atoms with Gasteiger partial charge in [0.15, 0.2) is 0 Å². The van der Waals surface area contributed by atoms with Crippen molar-refractivity contribution in [3.63, 3.8) is 0 Å². The Morgan fingerprint density at radius 1 is 1.38 bits per heavy atom. The van der Waals surface area contributed by atoms with Crippen LogP contribution in [0.2, 0.25) is 0 Å². The molecule has 0 aliphatic heterocycles. The average Bonchev–Trinajstić information content (AvgIpc) is 2.29. The Bertz CT molecular complexity index is 343. The molecule has 0 radical (unpaired) electrons. The molecule has 1 nitrogen and oxygen atoms in total.